The number of hydrogen-bond acceptors (Lipinski definition) is 2. The predicted molar refractivity (Wildman–Crippen MR) is 158 cm³/mol. The first-order valence-electron chi connectivity index (χ1n) is 14.4. The van der Waals surface area contributed by atoms with E-state index in [1.807, 2.05) is 6.08 Å². The largest absolute Gasteiger partial charge is 0.493 e. The lowest BCUT2D eigenvalue weighted by molar-refractivity contribution is 0.0727. The molecule has 3 aromatic rings. The van der Waals surface area contributed by atoms with Crippen LogP contribution in [0.1, 0.15) is 80.9 Å². The van der Waals surface area contributed by atoms with Crippen LogP contribution in [0.2, 0.25) is 0 Å². The molecule has 1 aliphatic carbocycles. The van der Waals surface area contributed by atoms with Gasteiger partial charge in [-0.3, -0.25) is 0 Å². The van der Waals surface area contributed by atoms with Crippen LogP contribution in [0.5, 0.6) is 5.75 Å². The molecule has 4 rings (SSSR count). The van der Waals surface area contributed by atoms with E-state index >= 15 is 8.78 Å². The molecule has 0 saturated heterocycles. The van der Waals surface area contributed by atoms with Crippen LogP contribution in [0.4, 0.5) is 13.2 Å². The van der Waals surface area contributed by atoms with Crippen molar-refractivity contribution in [1.82, 2.24) is 0 Å². The summed E-state index contributed by atoms with van der Waals surface area (Å²) >= 11 is 0. The van der Waals surface area contributed by atoms with Gasteiger partial charge in [-0.05, 0) is 85.6 Å². The molecule has 1 fully saturated rings. The van der Waals surface area contributed by atoms with Gasteiger partial charge in [-0.1, -0.05) is 68.0 Å². The standard InChI is InChI=1S/C35H39F3O2/c1-3-5-6-22-40-29-19-18-27(32(36)23-29)13-10-24-8-11-25(12-9-24)30-20-21-31(35(38)34(30)37)26-14-16-28(17-15-26)33(39)7-4-2/h3,8-13,18-21,23,26,28,33,39H,1,4-7,14-17,22H2,2H3/b13-10+. The van der Waals surface area contributed by atoms with Crippen LogP contribution in [0.15, 0.2) is 67.3 Å². The Morgan fingerprint density at radius 3 is 2.38 bits per heavy atom. The molecule has 1 N–H and O–H groups in total. The highest BCUT2D eigenvalue weighted by Gasteiger charge is 2.29. The summed E-state index contributed by atoms with van der Waals surface area (Å²) in [6, 6.07) is 15.2. The molecule has 0 aromatic heterocycles. The first-order chi connectivity index (χ1) is 19.4. The van der Waals surface area contributed by atoms with Crippen LogP contribution in [0.25, 0.3) is 23.3 Å². The molecule has 3 aromatic carbocycles. The summed E-state index contributed by atoms with van der Waals surface area (Å²) in [5.74, 6) is -1.28. The summed E-state index contributed by atoms with van der Waals surface area (Å²) in [6.45, 7) is 6.24. The highest BCUT2D eigenvalue weighted by molar-refractivity contribution is 5.73. The second-order valence-electron chi connectivity index (χ2n) is 10.7. The normalized spacial score (nSPS) is 18.1. The van der Waals surface area contributed by atoms with Crippen molar-refractivity contribution in [2.75, 3.05) is 6.61 Å². The molecule has 1 saturated carbocycles. The van der Waals surface area contributed by atoms with Gasteiger partial charge in [-0.15, -0.1) is 6.58 Å². The van der Waals surface area contributed by atoms with Gasteiger partial charge in [-0.2, -0.15) is 0 Å². The van der Waals surface area contributed by atoms with E-state index in [9.17, 15) is 9.50 Å². The van der Waals surface area contributed by atoms with Crippen molar-refractivity contribution in [3.8, 4) is 16.9 Å². The van der Waals surface area contributed by atoms with Crippen molar-refractivity contribution in [1.29, 1.82) is 0 Å². The Bertz CT molecular complexity index is 1290. The van der Waals surface area contributed by atoms with E-state index in [1.54, 1.807) is 60.7 Å². The lowest BCUT2D eigenvalue weighted by Crippen LogP contribution is -2.25. The lowest BCUT2D eigenvalue weighted by atomic mass is 9.75. The van der Waals surface area contributed by atoms with Gasteiger partial charge >= 0.3 is 0 Å². The summed E-state index contributed by atoms with van der Waals surface area (Å²) in [7, 11) is 0. The van der Waals surface area contributed by atoms with Crippen molar-refractivity contribution in [3.05, 3.63) is 101 Å². The molecule has 0 aliphatic heterocycles. The van der Waals surface area contributed by atoms with Gasteiger partial charge in [0.1, 0.15) is 11.6 Å². The van der Waals surface area contributed by atoms with Crippen molar-refractivity contribution in [2.24, 2.45) is 5.92 Å². The minimum atomic E-state index is -0.831. The minimum Gasteiger partial charge on any atom is -0.493 e. The number of aliphatic hydroxyl groups excluding tert-OH is 1. The lowest BCUT2D eigenvalue weighted by Gasteiger charge is -2.32. The first kappa shape index (κ1) is 29.7. The average molecular weight is 549 g/mol. The number of hydrogen-bond donors (Lipinski definition) is 1. The number of halogens is 3. The smallest absolute Gasteiger partial charge is 0.166 e. The van der Waals surface area contributed by atoms with E-state index in [0.717, 1.165) is 56.9 Å². The second-order valence-corrected chi connectivity index (χ2v) is 10.7. The zero-order valence-corrected chi connectivity index (χ0v) is 23.2. The monoisotopic (exact) mass is 548 g/mol. The van der Waals surface area contributed by atoms with Crippen molar-refractivity contribution < 1.29 is 23.0 Å². The van der Waals surface area contributed by atoms with E-state index in [0.29, 0.717) is 29.0 Å². The minimum absolute atomic E-state index is 0.0283. The maximum atomic E-state index is 15.2. The molecular weight excluding hydrogens is 509 g/mol. The zero-order chi connectivity index (χ0) is 28.5. The quantitative estimate of drug-likeness (QED) is 0.139. The molecule has 0 radical (unpaired) electrons. The van der Waals surface area contributed by atoms with Crippen molar-refractivity contribution >= 4 is 12.2 Å². The van der Waals surface area contributed by atoms with Crippen LogP contribution in [-0.2, 0) is 0 Å². The predicted octanol–water partition coefficient (Wildman–Crippen LogP) is 9.72. The summed E-state index contributed by atoms with van der Waals surface area (Å²) in [4.78, 5) is 0. The molecule has 0 spiro atoms. The number of aliphatic hydroxyl groups is 1. The first-order valence-corrected chi connectivity index (χ1v) is 14.4. The molecule has 0 heterocycles. The SMILES string of the molecule is C=CCCCOc1ccc(/C=C/c2ccc(-c3ccc(C4CCC(C(O)CCC)CC4)c(F)c3F)cc2)c(F)c1. The van der Waals surface area contributed by atoms with E-state index < -0.39 is 11.6 Å². The van der Waals surface area contributed by atoms with Crippen LogP contribution in [0, 0.1) is 23.4 Å². The highest BCUT2D eigenvalue weighted by Crippen LogP contribution is 2.40. The summed E-state index contributed by atoms with van der Waals surface area (Å²) in [6.07, 6.45) is 11.6. The second kappa shape index (κ2) is 14.4. The Hall–Kier alpha value is -3.31. The molecule has 2 nitrogen and oxygen atoms in total. The fraction of sp³-hybridized carbons (Fsp3) is 0.371. The highest BCUT2D eigenvalue weighted by atomic mass is 19.2. The van der Waals surface area contributed by atoms with Crippen molar-refractivity contribution in [3.63, 3.8) is 0 Å². The zero-order valence-electron chi connectivity index (χ0n) is 23.2. The van der Waals surface area contributed by atoms with E-state index in [-0.39, 0.29) is 29.3 Å². The number of rotatable bonds is 12. The van der Waals surface area contributed by atoms with Crippen LogP contribution >= 0.6 is 0 Å². The molecule has 1 aliphatic rings. The molecule has 40 heavy (non-hydrogen) atoms. The Kier molecular flexibility index (Phi) is 10.7. The van der Waals surface area contributed by atoms with Crippen LogP contribution in [0.3, 0.4) is 0 Å². The molecule has 1 atom stereocenters. The molecule has 0 amide bonds. The van der Waals surface area contributed by atoms with Crippen molar-refractivity contribution in [2.45, 2.75) is 70.3 Å². The summed E-state index contributed by atoms with van der Waals surface area (Å²) < 4.78 is 50.4. The van der Waals surface area contributed by atoms with Gasteiger partial charge in [0.15, 0.2) is 11.6 Å². The molecule has 212 valence electrons. The average Bonchev–Trinajstić information content (AvgIpc) is 2.97. The maximum absolute atomic E-state index is 15.2. The van der Waals surface area contributed by atoms with Gasteiger partial charge in [-0.25, -0.2) is 13.2 Å². The molecule has 0 bridgehead atoms. The third-order valence-corrected chi connectivity index (χ3v) is 7.92. The van der Waals surface area contributed by atoms with Gasteiger partial charge in [0.05, 0.1) is 12.7 Å². The van der Waals surface area contributed by atoms with Gasteiger partial charge in [0, 0.05) is 17.2 Å². The maximum Gasteiger partial charge on any atom is 0.166 e. The fourth-order valence-corrected chi connectivity index (χ4v) is 5.56. The number of unbranched alkanes of at least 4 members (excludes halogenated alkanes) is 1. The Balaban J connectivity index is 1.39. The Morgan fingerprint density at radius 1 is 0.950 bits per heavy atom. The number of ether oxygens (including phenoxy) is 1. The molecule has 5 heteroatoms. The van der Waals surface area contributed by atoms with Crippen LogP contribution < -0.4 is 4.74 Å². The molecule has 1 unspecified atom stereocenters. The summed E-state index contributed by atoms with van der Waals surface area (Å²) in [5, 5.41) is 10.3. The van der Waals surface area contributed by atoms with Gasteiger partial charge in [0.2, 0.25) is 0 Å². The van der Waals surface area contributed by atoms with Gasteiger partial charge < -0.3 is 9.84 Å². The number of allylic oxidation sites excluding steroid dienone is 1. The molecular formula is C35H39F3O2. The Morgan fingerprint density at radius 2 is 1.70 bits per heavy atom. The Labute approximate surface area is 236 Å². The topological polar surface area (TPSA) is 29.5 Å². The fourth-order valence-electron chi connectivity index (χ4n) is 5.56. The van der Waals surface area contributed by atoms with E-state index in [2.05, 4.69) is 13.5 Å². The third kappa shape index (κ3) is 7.45. The van der Waals surface area contributed by atoms with E-state index in [1.165, 1.54) is 6.07 Å². The van der Waals surface area contributed by atoms with Crippen LogP contribution in [-0.4, -0.2) is 17.8 Å². The summed E-state index contributed by atoms with van der Waals surface area (Å²) in [5.41, 5.74) is 2.47. The van der Waals surface area contributed by atoms with Gasteiger partial charge in [0.25, 0.3) is 0 Å². The van der Waals surface area contributed by atoms with E-state index in [4.69, 9.17) is 4.74 Å². The third-order valence-electron chi connectivity index (χ3n) is 7.92. The number of benzene rings is 3.